The van der Waals surface area contributed by atoms with Gasteiger partial charge in [0.25, 0.3) is 0 Å². The third-order valence-corrected chi connectivity index (χ3v) is 2.15. The summed E-state index contributed by atoms with van der Waals surface area (Å²) in [6.07, 6.45) is 4.28. The third-order valence-electron chi connectivity index (χ3n) is 1.45. The summed E-state index contributed by atoms with van der Waals surface area (Å²) >= 11 is 0. The maximum Gasteiger partial charge on any atom is 0.549 e. The van der Waals surface area contributed by atoms with Crippen molar-refractivity contribution in [3.05, 3.63) is 12.2 Å². The van der Waals surface area contributed by atoms with Gasteiger partial charge < -0.3 is 9.84 Å². The van der Waals surface area contributed by atoms with Crippen LogP contribution >= 0.6 is 0 Å². The summed E-state index contributed by atoms with van der Waals surface area (Å²) in [5.41, 5.74) is -5.20. The topological polar surface area (TPSA) is 111 Å². The molecule has 0 radical (unpaired) electrons. The van der Waals surface area contributed by atoms with E-state index in [2.05, 4.69) is 0 Å². The van der Waals surface area contributed by atoms with E-state index < -0.39 is 21.5 Å². The minimum Gasteiger partial charge on any atom is -0.851 e. The molecule has 0 unspecified atom stereocenters. The molecule has 0 aliphatic rings. The van der Waals surface area contributed by atoms with E-state index in [4.69, 9.17) is 4.74 Å². The largest absolute Gasteiger partial charge is 0.851 e. The third kappa shape index (κ3) is 13.1. The molecule has 0 rings (SSSR count). The Labute approximate surface area is 109 Å². The van der Waals surface area contributed by atoms with Gasteiger partial charge >= 0.3 is 21.5 Å². The molecule has 0 fully saturated rings. The highest BCUT2D eigenvalue weighted by molar-refractivity contribution is 7.85. The molecule has 0 atom stereocenters. The highest BCUT2D eigenvalue weighted by Crippen LogP contribution is 2.17. The first-order chi connectivity index (χ1) is 8.56. The van der Waals surface area contributed by atoms with Crippen molar-refractivity contribution in [3.8, 4) is 0 Å². The van der Waals surface area contributed by atoms with Gasteiger partial charge in [0.15, 0.2) is 0 Å². The highest BCUT2D eigenvalue weighted by atomic mass is 32.2. The average molecular weight is 307 g/mol. The molecular weight excluding hydrogens is 291 g/mol. The van der Waals surface area contributed by atoms with Gasteiger partial charge in [0.2, 0.25) is 0 Å². The van der Waals surface area contributed by atoms with Gasteiger partial charge in [0.1, 0.15) is 0 Å². The van der Waals surface area contributed by atoms with E-state index in [-0.39, 0.29) is 6.61 Å². The van der Waals surface area contributed by atoms with Crippen LogP contribution in [0.25, 0.3) is 0 Å². The maximum absolute atomic E-state index is 10.9. The van der Waals surface area contributed by atoms with Gasteiger partial charge in [-0.1, -0.05) is 19.4 Å². The van der Waals surface area contributed by atoms with Gasteiger partial charge in [0.05, 0.1) is 6.61 Å². The monoisotopic (exact) mass is 307 g/mol. The van der Waals surface area contributed by atoms with Crippen molar-refractivity contribution in [2.75, 3.05) is 13.2 Å². The van der Waals surface area contributed by atoms with Crippen molar-refractivity contribution < 1.29 is 41.4 Å². The predicted octanol–water partition coefficient (Wildman–Crippen LogP) is -0.676. The van der Waals surface area contributed by atoms with Crippen LogP contribution in [0.5, 0.6) is 0 Å². The lowest BCUT2D eigenvalue weighted by atomic mass is 10.4. The Bertz CT molecular complexity index is 378. The van der Waals surface area contributed by atoms with Crippen molar-refractivity contribution in [1.82, 2.24) is 0 Å². The van der Waals surface area contributed by atoms with Gasteiger partial charge in [-0.05, 0) is 6.42 Å². The van der Waals surface area contributed by atoms with Crippen molar-refractivity contribution >= 4 is 16.0 Å². The average Bonchev–Trinajstić information content (AvgIpc) is 2.25. The number of quaternary nitrogens is 1. The zero-order valence-corrected chi connectivity index (χ0v) is 11.1. The number of rotatable bonds is 5. The Morgan fingerprint density at radius 1 is 1.42 bits per heavy atom. The lowest BCUT2D eigenvalue weighted by Crippen LogP contribution is -2.62. The fourth-order valence-corrected chi connectivity index (χ4v) is 0.510. The molecule has 6 nitrogen and oxygen atoms in total. The second-order valence-electron chi connectivity index (χ2n) is 3.15. The van der Waals surface area contributed by atoms with Gasteiger partial charge in [0, 0.05) is 6.08 Å². The fraction of sp³-hybridized carbons (Fsp3) is 0.667. The Morgan fingerprint density at radius 2 is 1.89 bits per heavy atom. The number of sulfonamides is 1. The van der Waals surface area contributed by atoms with Crippen molar-refractivity contribution in [2.24, 2.45) is 0 Å². The molecule has 19 heavy (non-hydrogen) atoms. The molecule has 0 aromatic rings. The molecule has 0 spiro atoms. The number of carbonyl (C=O) groups is 1. The summed E-state index contributed by atoms with van der Waals surface area (Å²) < 4.78 is 56.3. The highest BCUT2D eigenvalue weighted by Gasteiger charge is 2.46. The molecule has 0 saturated carbocycles. The zero-order chi connectivity index (χ0) is 15.5. The molecule has 0 bridgehead atoms. The molecule has 0 aliphatic heterocycles. The molecule has 0 amide bonds. The van der Waals surface area contributed by atoms with E-state index in [1.165, 1.54) is 12.2 Å². The van der Waals surface area contributed by atoms with Gasteiger partial charge in [-0.3, -0.25) is 0 Å². The van der Waals surface area contributed by atoms with E-state index >= 15 is 0 Å². The summed E-state index contributed by atoms with van der Waals surface area (Å²) in [5.74, 6) is -0.422. The minimum absolute atomic E-state index is 0.372. The normalized spacial score (nSPS) is 11.9. The number of ether oxygens (including phenoxy) is 1. The molecule has 114 valence electrons. The lowest BCUT2D eigenvalue weighted by molar-refractivity contribution is -0.352. The summed E-state index contributed by atoms with van der Waals surface area (Å²) in [7, 11) is -5.09. The van der Waals surface area contributed by atoms with Crippen LogP contribution in [0.4, 0.5) is 13.2 Å². The predicted molar refractivity (Wildman–Crippen MR) is 57.7 cm³/mol. The lowest BCUT2D eigenvalue weighted by Gasteiger charge is -1.99. The molecule has 10 heteroatoms. The SMILES string of the molecule is CCCCOC(=O)C=CC[O-].[NH3+]S(=O)(=O)C(F)(F)F. The van der Waals surface area contributed by atoms with E-state index in [1.807, 2.05) is 12.1 Å². The quantitative estimate of drug-likeness (QED) is 0.411. The second kappa shape index (κ2) is 9.75. The molecule has 0 aliphatic carbocycles. The standard InChI is InChI=1S/C8H13O3.CH2F3NO2S/c1-2-3-7-11-8(10)5-4-6-9;2-1(3,4)8(5,6)7/h4-5H,2-3,6-7H2,1H3;(H2,5,6,7)/q-1;/p+1. The van der Waals surface area contributed by atoms with Crippen LogP contribution in [0, 0.1) is 0 Å². The van der Waals surface area contributed by atoms with Crippen LogP contribution in [0.2, 0.25) is 0 Å². The fourth-order valence-electron chi connectivity index (χ4n) is 0.510. The number of unbranched alkanes of at least 4 members (excludes halogenated alkanes) is 1. The first kappa shape index (κ1) is 20.2. The number of halogens is 3. The number of carbonyl (C=O) groups excluding carboxylic acids is 1. The molecule has 0 aromatic heterocycles. The molecule has 0 aromatic carbocycles. The molecule has 0 saturated heterocycles. The van der Waals surface area contributed by atoms with Crippen molar-refractivity contribution in [2.45, 2.75) is 25.3 Å². The summed E-state index contributed by atoms with van der Waals surface area (Å²) in [4.78, 5) is 10.6. The van der Waals surface area contributed by atoms with E-state index in [0.717, 1.165) is 12.8 Å². The Balaban J connectivity index is 0. The molecule has 3 N–H and O–H groups in total. The first-order valence-electron chi connectivity index (χ1n) is 5.12. The summed E-state index contributed by atoms with van der Waals surface area (Å²) in [5, 5.41) is 11.8. The maximum atomic E-state index is 10.9. The van der Waals surface area contributed by atoms with Crippen LogP contribution in [-0.2, 0) is 19.6 Å². The van der Waals surface area contributed by atoms with Crippen molar-refractivity contribution in [3.63, 3.8) is 0 Å². The van der Waals surface area contributed by atoms with Gasteiger partial charge in [-0.25, -0.2) is 9.93 Å². The first-order valence-corrected chi connectivity index (χ1v) is 6.77. The number of hydrogen-bond acceptors (Lipinski definition) is 5. The van der Waals surface area contributed by atoms with Crippen molar-refractivity contribution in [1.29, 1.82) is 0 Å². The van der Waals surface area contributed by atoms with E-state index in [9.17, 15) is 31.5 Å². The zero-order valence-electron chi connectivity index (χ0n) is 10.3. The Hall–Kier alpha value is -1.13. The van der Waals surface area contributed by atoms with E-state index in [0.29, 0.717) is 6.61 Å². The van der Waals surface area contributed by atoms with Crippen LogP contribution < -0.4 is 10.2 Å². The van der Waals surface area contributed by atoms with Gasteiger partial charge in [-0.2, -0.15) is 21.6 Å². The molecular formula is C9H16F3NO5S. The number of alkyl halides is 3. The van der Waals surface area contributed by atoms with Gasteiger partial charge in [-0.15, -0.1) is 6.61 Å². The van der Waals surface area contributed by atoms with Crippen LogP contribution in [0.3, 0.4) is 0 Å². The number of esters is 1. The van der Waals surface area contributed by atoms with Crippen LogP contribution in [-0.4, -0.2) is 33.1 Å². The Kier molecular flexibility index (Phi) is 10.4. The number of hydrogen-bond donors (Lipinski definition) is 1. The molecule has 0 heterocycles. The summed E-state index contributed by atoms with van der Waals surface area (Å²) in [6, 6.07) is 0. The van der Waals surface area contributed by atoms with Crippen LogP contribution in [0.1, 0.15) is 19.8 Å². The summed E-state index contributed by atoms with van der Waals surface area (Å²) in [6.45, 7) is 2.09. The Morgan fingerprint density at radius 3 is 2.21 bits per heavy atom. The van der Waals surface area contributed by atoms with Crippen LogP contribution in [0.15, 0.2) is 12.2 Å². The minimum atomic E-state index is -5.20. The van der Waals surface area contributed by atoms with E-state index in [1.54, 1.807) is 0 Å². The smallest absolute Gasteiger partial charge is 0.549 e. The second-order valence-corrected chi connectivity index (χ2v) is 4.84.